The van der Waals surface area contributed by atoms with Crippen LogP contribution < -0.4 is 14.9 Å². The number of aryl methyl sites for hydroxylation is 1. The van der Waals surface area contributed by atoms with Crippen LogP contribution >= 0.6 is 0 Å². The highest BCUT2D eigenvalue weighted by molar-refractivity contribution is 5.81. The molecule has 4 heteroatoms. The van der Waals surface area contributed by atoms with Gasteiger partial charge in [0, 0.05) is 0 Å². The molecule has 0 radical (unpaired) electrons. The highest BCUT2D eigenvalue weighted by atomic mass is 16.5. The van der Waals surface area contributed by atoms with Crippen molar-refractivity contribution in [2.24, 2.45) is 5.10 Å². The predicted molar refractivity (Wildman–Crippen MR) is 86.6 cm³/mol. The number of nitrogens with one attached hydrogen (secondary N) is 1. The average Bonchev–Trinajstić information content (AvgIpc) is 2.49. The molecule has 2 aromatic carbocycles. The quantitative estimate of drug-likeness (QED) is 0.647. The molecule has 4 nitrogen and oxygen atoms in total. The molecule has 0 amide bonds. The molecular formula is C17H20N2O2. The van der Waals surface area contributed by atoms with Crippen molar-refractivity contribution in [3.05, 3.63) is 53.6 Å². The van der Waals surface area contributed by atoms with Gasteiger partial charge in [0.1, 0.15) is 0 Å². The SMILES string of the molecule is CCOc1ccc(/C=N\Nc2cccc(C)c2)cc1OC. The van der Waals surface area contributed by atoms with Crippen LogP contribution in [-0.2, 0) is 0 Å². The molecule has 0 aliphatic carbocycles. The molecule has 0 saturated heterocycles. The van der Waals surface area contributed by atoms with Crippen molar-refractivity contribution in [3.63, 3.8) is 0 Å². The summed E-state index contributed by atoms with van der Waals surface area (Å²) in [5.74, 6) is 1.44. The topological polar surface area (TPSA) is 42.8 Å². The number of hydrogen-bond donors (Lipinski definition) is 1. The van der Waals surface area contributed by atoms with Crippen molar-refractivity contribution in [1.29, 1.82) is 0 Å². The van der Waals surface area contributed by atoms with Crippen LogP contribution in [-0.4, -0.2) is 19.9 Å². The third kappa shape index (κ3) is 4.24. The first-order valence-electron chi connectivity index (χ1n) is 6.89. The summed E-state index contributed by atoms with van der Waals surface area (Å²) in [4.78, 5) is 0. The van der Waals surface area contributed by atoms with Crippen LogP contribution in [0.15, 0.2) is 47.6 Å². The fourth-order valence-corrected chi connectivity index (χ4v) is 1.94. The van der Waals surface area contributed by atoms with E-state index in [1.807, 2.05) is 56.3 Å². The molecule has 0 atom stereocenters. The van der Waals surface area contributed by atoms with E-state index in [9.17, 15) is 0 Å². The number of hydrogen-bond acceptors (Lipinski definition) is 4. The Morgan fingerprint density at radius 3 is 2.71 bits per heavy atom. The lowest BCUT2D eigenvalue weighted by molar-refractivity contribution is 0.311. The first kappa shape index (κ1) is 14.9. The number of benzene rings is 2. The molecule has 0 bridgehead atoms. The van der Waals surface area contributed by atoms with E-state index in [0.29, 0.717) is 12.4 Å². The van der Waals surface area contributed by atoms with E-state index in [-0.39, 0.29) is 0 Å². The van der Waals surface area contributed by atoms with Crippen LogP contribution in [0.4, 0.5) is 5.69 Å². The Morgan fingerprint density at radius 1 is 1.14 bits per heavy atom. The van der Waals surface area contributed by atoms with E-state index in [2.05, 4.69) is 10.5 Å². The summed E-state index contributed by atoms with van der Waals surface area (Å²) in [6, 6.07) is 13.8. The minimum absolute atomic E-state index is 0.610. The third-order valence-corrected chi connectivity index (χ3v) is 2.91. The van der Waals surface area contributed by atoms with Crippen LogP contribution in [0.25, 0.3) is 0 Å². The number of anilines is 1. The minimum Gasteiger partial charge on any atom is -0.493 e. The van der Waals surface area contributed by atoms with E-state index < -0.39 is 0 Å². The van der Waals surface area contributed by atoms with Crippen LogP contribution in [0.5, 0.6) is 11.5 Å². The van der Waals surface area contributed by atoms with Gasteiger partial charge in [0.05, 0.1) is 25.6 Å². The second-order valence-corrected chi connectivity index (χ2v) is 4.58. The summed E-state index contributed by atoms with van der Waals surface area (Å²) in [6.07, 6.45) is 1.75. The molecule has 110 valence electrons. The molecule has 1 N–H and O–H groups in total. The standard InChI is InChI=1S/C17H20N2O2/c1-4-21-16-9-8-14(11-17(16)20-3)12-18-19-15-7-5-6-13(2)10-15/h5-12,19H,4H2,1-3H3/b18-12-. The maximum absolute atomic E-state index is 5.48. The van der Waals surface area contributed by atoms with Gasteiger partial charge in [0.2, 0.25) is 0 Å². The lowest BCUT2D eigenvalue weighted by atomic mass is 10.2. The minimum atomic E-state index is 0.610. The maximum Gasteiger partial charge on any atom is 0.161 e. The number of ether oxygens (including phenoxy) is 2. The highest BCUT2D eigenvalue weighted by Gasteiger charge is 2.03. The van der Waals surface area contributed by atoms with Gasteiger partial charge < -0.3 is 9.47 Å². The summed E-state index contributed by atoms with van der Waals surface area (Å²) < 4.78 is 10.8. The monoisotopic (exact) mass is 284 g/mol. The zero-order valence-corrected chi connectivity index (χ0v) is 12.6. The predicted octanol–water partition coefficient (Wildman–Crippen LogP) is 3.85. The Balaban J connectivity index is 2.07. The fraction of sp³-hybridized carbons (Fsp3) is 0.235. The van der Waals surface area contributed by atoms with Gasteiger partial charge in [-0.05, 0) is 55.3 Å². The maximum atomic E-state index is 5.48. The Kier molecular flexibility index (Phi) is 5.21. The fourth-order valence-electron chi connectivity index (χ4n) is 1.94. The molecule has 0 unspecified atom stereocenters. The Labute approximate surface area is 125 Å². The van der Waals surface area contributed by atoms with Crippen LogP contribution in [0, 0.1) is 6.92 Å². The van der Waals surface area contributed by atoms with Gasteiger partial charge in [-0.15, -0.1) is 0 Å². The van der Waals surface area contributed by atoms with Gasteiger partial charge in [0.15, 0.2) is 11.5 Å². The normalized spacial score (nSPS) is 10.6. The van der Waals surface area contributed by atoms with Crippen LogP contribution in [0.3, 0.4) is 0 Å². The Bertz CT molecular complexity index is 624. The van der Waals surface area contributed by atoms with E-state index in [0.717, 1.165) is 17.0 Å². The van der Waals surface area contributed by atoms with Crippen molar-refractivity contribution in [3.8, 4) is 11.5 Å². The molecule has 0 aliphatic heterocycles. The second kappa shape index (κ2) is 7.33. The highest BCUT2D eigenvalue weighted by Crippen LogP contribution is 2.27. The molecule has 0 fully saturated rings. The molecule has 0 spiro atoms. The van der Waals surface area contributed by atoms with Crippen LogP contribution in [0.1, 0.15) is 18.1 Å². The third-order valence-electron chi connectivity index (χ3n) is 2.91. The number of hydrazone groups is 1. The molecule has 0 aliphatic rings. The summed E-state index contributed by atoms with van der Waals surface area (Å²) in [7, 11) is 1.63. The number of rotatable bonds is 6. The smallest absolute Gasteiger partial charge is 0.161 e. The Hall–Kier alpha value is -2.49. The first-order valence-corrected chi connectivity index (χ1v) is 6.89. The summed E-state index contributed by atoms with van der Waals surface area (Å²) >= 11 is 0. The van der Waals surface area contributed by atoms with E-state index in [4.69, 9.17) is 9.47 Å². The number of nitrogens with zero attached hydrogens (tertiary/aromatic N) is 1. The van der Waals surface area contributed by atoms with Crippen molar-refractivity contribution >= 4 is 11.9 Å². The van der Waals surface area contributed by atoms with Gasteiger partial charge >= 0.3 is 0 Å². The van der Waals surface area contributed by atoms with Crippen molar-refractivity contribution in [1.82, 2.24) is 0 Å². The van der Waals surface area contributed by atoms with Gasteiger partial charge in [-0.25, -0.2) is 0 Å². The van der Waals surface area contributed by atoms with Crippen molar-refractivity contribution < 1.29 is 9.47 Å². The zero-order valence-electron chi connectivity index (χ0n) is 12.6. The first-order chi connectivity index (χ1) is 10.2. The summed E-state index contributed by atoms with van der Waals surface area (Å²) in [5, 5.41) is 4.23. The number of methoxy groups -OCH3 is 1. The lowest BCUT2D eigenvalue weighted by Crippen LogP contribution is -1.97. The molecule has 0 aromatic heterocycles. The van der Waals surface area contributed by atoms with E-state index in [1.54, 1.807) is 13.3 Å². The summed E-state index contributed by atoms with van der Waals surface area (Å²) in [5.41, 5.74) is 6.10. The molecule has 2 rings (SSSR count). The average molecular weight is 284 g/mol. The zero-order chi connectivity index (χ0) is 15.1. The second-order valence-electron chi connectivity index (χ2n) is 4.58. The van der Waals surface area contributed by atoms with E-state index >= 15 is 0 Å². The summed E-state index contributed by atoms with van der Waals surface area (Å²) in [6.45, 7) is 4.60. The molecule has 0 heterocycles. The Morgan fingerprint density at radius 2 is 2.00 bits per heavy atom. The van der Waals surface area contributed by atoms with Gasteiger partial charge in [0.25, 0.3) is 0 Å². The van der Waals surface area contributed by atoms with Crippen molar-refractivity contribution in [2.45, 2.75) is 13.8 Å². The van der Waals surface area contributed by atoms with E-state index in [1.165, 1.54) is 5.56 Å². The molecular weight excluding hydrogens is 264 g/mol. The van der Waals surface area contributed by atoms with Gasteiger partial charge in [-0.2, -0.15) is 5.10 Å². The van der Waals surface area contributed by atoms with Gasteiger partial charge in [-0.1, -0.05) is 12.1 Å². The van der Waals surface area contributed by atoms with Gasteiger partial charge in [-0.3, -0.25) is 5.43 Å². The lowest BCUT2D eigenvalue weighted by Gasteiger charge is -2.09. The molecule has 0 saturated carbocycles. The largest absolute Gasteiger partial charge is 0.493 e. The van der Waals surface area contributed by atoms with Crippen LogP contribution in [0.2, 0.25) is 0 Å². The molecule has 21 heavy (non-hydrogen) atoms. The van der Waals surface area contributed by atoms with Crippen molar-refractivity contribution in [2.75, 3.05) is 19.1 Å². The molecule has 2 aromatic rings.